The zero-order valence-electron chi connectivity index (χ0n) is 14.9. The van der Waals surface area contributed by atoms with E-state index >= 15 is 0 Å². The van der Waals surface area contributed by atoms with E-state index < -0.39 is 5.91 Å². The van der Waals surface area contributed by atoms with Crippen molar-refractivity contribution in [1.29, 1.82) is 0 Å². The smallest absolute Gasteiger partial charge is 0.248 e. The Morgan fingerprint density at radius 1 is 1.18 bits per heavy atom. The average Bonchev–Trinajstić information content (AvgIpc) is 3.11. The topological polar surface area (TPSA) is 94.5 Å². The Kier molecular flexibility index (Phi) is 4.58. The highest BCUT2D eigenvalue weighted by molar-refractivity contribution is 6.31. The van der Waals surface area contributed by atoms with Gasteiger partial charge in [-0.1, -0.05) is 17.7 Å². The van der Waals surface area contributed by atoms with E-state index in [9.17, 15) is 4.79 Å². The van der Waals surface area contributed by atoms with E-state index in [-0.39, 0.29) is 0 Å². The maximum atomic E-state index is 11.4. The zero-order chi connectivity index (χ0) is 19.7. The van der Waals surface area contributed by atoms with Crippen LogP contribution in [0.15, 0.2) is 60.8 Å². The number of rotatable bonds is 5. The molecule has 7 nitrogen and oxygen atoms in total. The van der Waals surface area contributed by atoms with Crippen molar-refractivity contribution in [3.05, 3.63) is 71.4 Å². The monoisotopic (exact) mass is 393 g/mol. The molecule has 0 saturated carbocycles. The van der Waals surface area contributed by atoms with Crippen LogP contribution in [0, 0.1) is 0 Å². The van der Waals surface area contributed by atoms with Crippen LogP contribution >= 0.6 is 11.6 Å². The van der Waals surface area contributed by atoms with E-state index in [1.165, 1.54) is 0 Å². The summed E-state index contributed by atoms with van der Waals surface area (Å²) in [5.41, 5.74) is 8.83. The van der Waals surface area contributed by atoms with Gasteiger partial charge in [-0.25, -0.2) is 9.50 Å². The Balaban J connectivity index is 1.76. The van der Waals surface area contributed by atoms with Crippen molar-refractivity contribution in [2.24, 2.45) is 5.73 Å². The highest BCUT2D eigenvalue weighted by Crippen LogP contribution is 2.33. The van der Waals surface area contributed by atoms with Crippen LogP contribution in [-0.2, 0) is 0 Å². The Bertz CT molecular complexity index is 1190. The minimum atomic E-state index is -0.499. The number of benzene rings is 2. The third-order valence-electron chi connectivity index (χ3n) is 4.24. The predicted molar refractivity (Wildman–Crippen MR) is 108 cm³/mol. The molecular formula is C20H16ClN5O2. The molecule has 0 aliphatic rings. The molecule has 140 valence electrons. The van der Waals surface area contributed by atoms with Gasteiger partial charge in [0.2, 0.25) is 11.9 Å². The van der Waals surface area contributed by atoms with Crippen molar-refractivity contribution in [1.82, 2.24) is 14.6 Å². The first-order valence-corrected chi connectivity index (χ1v) is 8.78. The van der Waals surface area contributed by atoms with E-state index in [1.807, 2.05) is 24.3 Å². The second-order valence-corrected chi connectivity index (χ2v) is 6.49. The molecule has 0 unspecified atom stereocenters. The number of ether oxygens (including phenoxy) is 1. The van der Waals surface area contributed by atoms with Gasteiger partial charge in [0.25, 0.3) is 0 Å². The fourth-order valence-electron chi connectivity index (χ4n) is 2.92. The van der Waals surface area contributed by atoms with Crippen LogP contribution in [0.1, 0.15) is 10.4 Å². The van der Waals surface area contributed by atoms with Crippen molar-refractivity contribution in [2.75, 3.05) is 12.4 Å². The van der Waals surface area contributed by atoms with Gasteiger partial charge in [0.15, 0.2) is 0 Å². The number of halogens is 1. The number of nitrogens with one attached hydrogen (secondary N) is 1. The Hall–Kier alpha value is -3.58. The van der Waals surface area contributed by atoms with Crippen molar-refractivity contribution >= 4 is 34.7 Å². The summed E-state index contributed by atoms with van der Waals surface area (Å²) < 4.78 is 7.21. The summed E-state index contributed by atoms with van der Waals surface area (Å²) in [6.45, 7) is 0. The number of methoxy groups -OCH3 is 1. The second kappa shape index (κ2) is 7.21. The fourth-order valence-corrected chi connectivity index (χ4v) is 3.09. The average molecular weight is 394 g/mol. The lowest BCUT2D eigenvalue weighted by Gasteiger charge is -2.10. The molecule has 0 bridgehead atoms. The molecule has 2 aromatic carbocycles. The number of carbonyl (C=O) groups is 1. The first-order chi connectivity index (χ1) is 13.5. The van der Waals surface area contributed by atoms with Gasteiger partial charge in [-0.2, -0.15) is 0 Å². The molecular weight excluding hydrogens is 378 g/mol. The number of carbonyl (C=O) groups excluding carboxylic acids is 1. The van der Waals surface area contributed by atoms with Crippen LogP contribution < -0.4 is 15.8 Å². The molecule has 4 aromatic rings. The molecule has 2 aromatic heterocycles. The summed E-state index contributed by atoms with van der Waals surface area (Å²) >= 11 is 6.17. The van der Waals surface area contributed by atoms with Gasteiger partial charge >= 0.3 is 0 Å². The number of fused-ring (bicyclic) bond motifs is 1. The molecule has 8 heteroatoms. The standard InChI is InChI=1S/C20H16ClN5O2/c1-28-18-8-5-13(21)10-16(18)17-7-6-15-11-23-20(25-26(15)17)24-14-4-2-3-12(9-14)19(22)27/h2-11H,1H3,(H2,22,27)(H,24,25). The lowest BCUT2D eigenvalue weighted by atomic mass is 10.1. The molecule has 0 aliphatic carbocycles. The van der Waals surface area contributed by atoms with Crippen LogP contribution in [0.5, 0.6) is 5.75 Å². The number of amides is 1. The second-order valence-electron chi connectivity index (χ2n) is 6.05. The summed E-state index contributed by atoms with van der Waals surface area (Å²) in [4.78, 5) is 15.7. The van der Waals surface area contributed by atoms with Gasteiger partial charge in [0, 0.05) is 21.8 Å². The van der Waals surface area contributed by atoms with Crippen LogP contribution in [0.25, 0.3) is 16.8 Å². The summed E-state index contributed by atoms with van der Waals surface area (Å²) in [5.74, 6) is 0.556. The van der Waals surface area contributed by atoms with E-state index in [2.05, 4.69) is 15.4 Å². The van der Waals surface area contributed by atoms with Crippen LogP contribution in [0.4, 0.5) is 11.6 Å². The molecule has 4 rings (SSSR count). The largest absolute Gasteiger partial charge is 0.496 e. The SMILES string of the molecule is COc1ccc(Cl)cc1-c1ccc2cnc(Nc3cccc(C(N)=O)c3)nn12. The third kappa shape index (κ3) is 3.35. The number of primary amides is 1. The minimum absolute atomic E-state index is 0.368. The first kappa shape index (κ1) is 17.8. The number of nitrogens with zero attached hydrogens (tertiary/aromatic N) is 3. The summed E-state index contributed by atoms with van der Waals surface area (Å²) in [6, 6.07) is 16.1. The molecule has 2 heterocycles. The first-order valence-electron chi connectivity index (χ1n) is 8.41. The Morgan fingerprint density at radius 3 is 2.82 bits per heavy atom. The third-order valence-corrected chi connectivity index (χ3v) is 4.47. The van der Waals surface area contributed by atoms with Gasteiger partial charge < -0.3 is 15.8 Å². The normalized spacial score (nSPS) is 10.8. The molecule has 0 atom stereocenters. The maximum absolute atomic E-state index is 11.4. The van der Waals surface area contributed by atoms with E-state index in [4.69, 9.17) is 22.1 Å². The van der Waals surface area contributed by atoms with Crippen molar-refractivity contribution in [3.8, 4) is 17.0 Å². The van der Waals surface area contributed by atoms with Crippen molar-refractivity contribution in [3.63, 3.8) is 0 Å². The lowest BCUT2D eigenvalue weighted by Crippen LogP contribution is -2.11. The van der Waals surface area contributed by atoms with E-state index in [1.54, 1.807) is 48.2 Å². The van der Waals surface area contributed by atoms with Gasteiger partial charge in [-0.05, 0) is 48.5 Å². The van der Waals surface area contributed by atoms with Gasteiger partial charge in [-0.15, -0.1) is 5.10 Å². The Labute approximate surface area is 165 Å². The van der Waals surface area contributed by atoms with Gasteiger partial charge in [-0.3, -0.25) is 4.79 Å². The quantitative estimate of drug-likeness (QED) is 0.536. The molecule has 0 radical (unpaired) electrons. The fraction of sp³-hybridized carbons (Fsp3) is 0.0500. The highest BCUT2D eigenvalue weighted by Gasteiger charge is 2.13. The highest BCUT2D eigenvalue weighted by atomic mass is 35.5. The maximum Gasteiger partial charge on any atom is 0.248 e. The molecule has 0 aliphatic heterocycles. The van der Waals surface area contributed by atoms with Gasteiger partial charge in [0.05, 0.1) is 24.5 Å². The number of nitrogens with two attached hydrogens (primary N) is 1. The van der Waals surface area contributed by atoms with Crippen LogP contribution in [-0.4, -0.2) is 27.6 Å². The Morgan fingerprint density at radius 2 is 2.04 bits per heavy atom. The summed E-state index contributed by atoms with van der Waals surface area (Å²) in [5, 5.41) is 8.26. The molecule has 1 amide bonds. The lowest BCUT2D eigenvalue weighted by molar-refractivity contribution is 0.100. The number of hydrogen-bond donors (Lipinski definition) is 2. The van der Waals surface area contributed by atoms with E-state index in [0.717, 1.165) is 16.8 Å². The van der Waals surface area contributed by atoms with E-state index in [0.29, 0.717) is 28.0 Å². The van der Waals surface area contributed by atoms with Crippen LogP contribution in [0.3, 0.4) is 0 Å². The molecule has 3 N–H and O–H groups in total. The van der Waals surface area contributed by atoms with Gasteiger partial charge in [0.1, 0.15) is 5.75 Å². The predicted octanol–water partition coefficient (Wildman–Crippen LogP) is 3.90. The van der Waals surface area contributed by atoms with Crippen molar-refractivity contribution < 1.29 is 9.53 Å². The molecule has 0 saturated heterocycles. The summed E-state index contributed by atoms with van der Waals surface area (Å²) in [6.07, 6.45) is 1.70. The molecule has 0 spiro atoms. The number of anilines is 2. The van der Waals surface area contributed by atoms with Crippen LogP contribution in [0.2, 0.25) is 5.02 Å². The minimum Gasteiger partial charge on any atom is -0.496 e. The molecule has 28 heavy (non-hydrogen) atoms. The number of hydrogen-bond acceptors (Lipinski definition) is 5. The summed E-state index contributed by atoms with van der Waals surface area (Å²) in [7, 11) is 1.61. The zero-order valence-corrected chi connectivity index (χ0v) is 15.6. The number of aromatic nitrogens is 3. The van der Waals surface area contributed by atoms with Crippen molar-refractivity contribution in [2.45, 2.75) is 0 Å². The molecule has 0 fully saturated rings.